The molecule has 1 fully saturated rings. The number of nitrogens with zero attached hydrogens (tertiary/aromatic N) is 1. The van der Waals surface area contributed by atoms with Crippen molar-refractivity contribution in [3.05, 3.63) is 22.4 Å². The molecule has 1 aliphatic heterocycles. The van der Waals surface area contributed by atoms with Gasteiger partial charge in [0.15, 0.2) is 0 Å². The first-order valence-electron chi connectivity index (χ1n) is 7.25. The van der Waals surface area contributed by atoms with Gasteiger partial charge in [-0.2, -0.15) is 0 Å². The van der Waals surface area contributed by atoms with Crippen molar-refractivity contribution in [3.8, 4) is 0 Å². The molecule has 21 heavy (non-hydrogen) atoms. The van der Waals surface area contributed by atoms with Crippen LogP contribution < -0.4 is 0 Å². The number of hydrogen-bond acceptors (Lipinski definition) is 4. The Balaban J connectivity index is 1.62. The maximum atomic E-state index is 12.1. The topological polar surface area (TPSA) is 57.6 Å². The molecular weight excluding hydrogens is 306 g/mol. The zero-order valence-corrected chi connectivity index (χ0v) is 13.6. The summed E-state index contributed by atoms with van der Waals surface area (Å²) in [5.74, 6) is 1.39. The lowest BCUT2D eigenvalue weighted by Crippen LogP contribution is -2.39. The number of amides is 1. The number of aliphatic carboxylic acids is 1. The predicted octanol–water partition coefficient (Wildman–Crippen LogP) is 3.08. The quantitative estimate of drug-likeness (QED) is 0.836. The molecule has 1 aromatic rings. The lowest BCUT2D eigenvalue weighted by atomic mass is 9.92. The van der Waals surface area contributed by atoms with E-state index < -0.39 is 5.97 Å². The molecule has 1 amide bonds. The Labute approximate surface area is 133 Å². The second-order valence-electron chi connectivity index (χ2n) is 5.33. The van der Waals surface area contributed by atoms with Crippen molar-refractivity contribution >= 4 is 35.0 Å². The van der Waals surface area contributed by atoms with Gasteiger partial charge in [0, 0.05) is 30.1 Å². The Kier molecular flexibility index (Phi) is 6.57. The third kappa shape index (κ3) is 5.71. The van der Waals surface area contributed by atoms with Gasteiger partial charge in [0.05, 0.1) is 5.75 Å². The maximum absolute atomic E-state index is 12.1. The van der Waals surface area contributed by atoms with Crippen LogP contribution in [-0.4, -0.2) is 40.7 Å². The van der Waals surface area contributed by atoms with E-state index in [2.05, 4.69) is 11.4 Å². The minimum Gasteiger partial charge on any atom is -0.481 e. The molecule has 1 N–H and O–H groups in total. The molecule has 0 spiro atoms. The third-order valence-corrected chi connectivity index (χ3v) is 5.81. The molecule has 0 atom stereocenters. The van der Waals surface area contributed by atoms with Crippen molar-refractivity contribution in [2.45, 2.75) is 31.4 Å². The highest BCUT2D eigenvalue weighted by Gasteiger charge is 2.22. The Hall–Kier alpha value is -1.01. The van der Waals surface area contributed by atoms with E-state index in [0.29, 0.717) is 11.7 Å². The molecule has 6 heteroatoms. The fourth-order valence-corrected chi connectivity index (χ4v) is 4.29. The highest BCUT2D eigenvalue weighted by atomic mass is 32.2. The maximum Gasteiger partial charge on any atom is 0.303 e. The van der Waals surface area contributed by atoms with E-state index in [1.807, 2.05) is 11.0 Å². The van der Waals surface area contributed by atoms with Gasteiger partial charge in [0.2, 0.25) is 5.91 Å². The summed E-state index contributed by atoms with van der Waals surface area (Å²) in [6.07, 6.45) is 2.86. The molecule has 0 saturated carbocycles. The minimum absolute atomic E-state index is 0.216. The van der Waals surface area contributed by atoms with Crippen molar-refractivity contribution in [1.29, 1.82) is 0 Å². The minimum atomic E-state index is -0.724. The summed E-state index contributed by atoms with van der Waals surface area (Å²) in [6.45, 7) is 1.56. The van der Waals surface area contributed by atoms with Gasteiger partial charge in [0.25, 0.3) is 0 Å². The normalized spacial score (nSPS) is 16.1. The number of hydrogen-bond donors (Lipinski definition) is 1. The molecule has 1 aliphatic rings. The molecule has 0 bridgehead atoms. The molecule has 2 rings (SSSR count). The summed E-state index contributed by atoms with van der Waals surface area (Å²) >= 11 is 3.39. The predicted molar refractivity (Wildman–Crippen MR) is 86.7 cm³/mol. The van der Waals surface area contributed by atoms with Crippen molar-refractivity contribution in [2.75, 3.05) is 18.8 Å². The summed E-state index contributed by atoms with van der Waals surface area (Å²) in [6, 6.07) is 4.13. The summed E-state index contributed by atoms with van der Waals surface area (Å²) < 4.78 is 0. The summed E-state index contributed by atoms with van der Waals surface area (Å²) in [7, 11) is 0. The standard InChI is InChI=1S/C15H21NO3S2/c17-14(11-20-10-13-2-1-9-21-13)16-7-5-12(6-8-16)3-4-15(18)19/h1-2,9,12H,3-8,10-11H2,(H,18,19). The van der Waals surface area contributed by atoms with Crippen LogP contribution in [0.15, 0.2) is 17.5 Å². The fourth-order valence-electron chi connectivity index (χ4n) is 2.52. The average Bonchev–Trinajstić information content (AvgIpc) is 2.99. The van der Waals surface area contributed by atoms with Crippen molar-refractivity contribution < 1.29 is 14.7 Å². The molecule has 2 heterocycles. The number of carboxylic acids is 1. The second-order valence-corrected chi connectivity index (χ2v) is 7.35. The van der Waals surface area contributed by atoms with E-state index >= 15 is 0 Å². The molecule has 0 unspecified atom stereocenters. The molecule has 0 aliphatic carbocycles. The van der Waals surface area contributed by atoms with Crippen LogP contribution in [0.5, 0.6) is 0 Å². The second kappa shape index (κ2) is 8.44. The lowest BCUT2D eigenvalue weighted by molar-refractivity contribution is -0.137. The highest BCUT2D eigenvalue weighted by Crippen LogP contribution is 2.23. The first kappa shape index (κ1) is 16.4. The van der Waals surface area contributed by atoms with Gasteiger partial charge in [-0.15, -0.1) is 23.1 Å². The summed E-state index contributed by atoms with van der Waals surface area (Å²) in [5, 5.41) is 10.7. The van der Waals surface area contributed by atoms with Crippen LogP contribution >= 0.6 is 23.1 Å². The molecule has 4 nitrogen and oxygen atoms in total. The molecule has 0 aromatic carbocycles. The van der Waals surface area contributed by atoms with E-state index in [1.54, 1.807) is 23.1 Å². The molecular formula is C15H21NO3S2. The molecule has 1 aromatic heterocycles. The van der Waals surface area contributed by atoms with E-state index in [0.717, 1.165) is 38.1 Å². The Bertz CT molecular complexity index is 453. The van der Waals surface area contributed by atoms with Gasteiger partial charge in [0.1, 0.15) is 0 Å². The summed E-state index contributed by atoms with van der Waals surface area (Å²) in [5.41, 5.74) is 0. The number of carbonyl (C=O) groups excluding carboxylic acids is 1. The van der Waals surface area contributed by atoms with Crippen LogP contribution in [0.4, 0.5) is 0 Å². The third-order valence-electron chi connectivity index (χ3n) is 3.78. The van der Waals surface area contributed by atoms with Gasteiger partial charge in [-0.1, -0.05) is 6.07 Å². The number of likely N-dealkylation sites (tertiary alicyclic amines) is 1. The monoisotopic (exact) mass is 327 g/mol. The van der Waals surface area contributed by atoms with Gasteiger partial charge in [-0.3, -0.25) is 9.59 Å². The number of rotatable bonds is 7. The largest absolute Gasteiger partial charge is 0.481 e. The van der Waals surface area contributed by atoms with Crippen molar-refractivity contribution in [2.24, 2.45) is 5.92 Å². The zero-order valence-electron chi connectivity index (χ0n) is 12.0. The van der Waals surface area contributed by atoms with Crippen LogP contribution in [-0.2, 0) is 15.3 Å². The van der Waals surface area contributed by atoms with E-state index in [1.165, 1.54) is 4.88 Å². The lowest BCUT2D eigenvalue weighted by Gasteiger charge is -2.31. The molecule has 116 valence electrons. The number of piperidine rings is 1. The first-order valence-corrected chi connectivity index (χ1v) is 9.28. The van der Waals surface area contributed by atoms with Crippen molar-refractivity contribution in [1.82, 2.24) is 4.90 Å². The Morgan fingerprint density at radius 2 is 2.14 bits per heavy atom. The zero-order chi connectivity index (χ0) is 15.1. The van der Waals surface area contributed by atoms with E-state index in [-0.39, 0.29) is 12.3 Å². The fraction of sp³-hybridized carbons (Fsp3) is 0.600. The first-order chi connectivity index (χ1) is 10.1. The van der Waals surface area contributed by atoms with Crippen LogP contribution in [0.1, 0.15) is 30.6 Å². The van der Waals surface area contributed by atoms with Crippen LogP contribution in [0.3, 0.4) is 0 Å². The summed E-state index contributed by atoms with van der Waals surface area (Å²) in [4.78, 5) is 25.9. The number of carbonyl (C=O) groups is 2. The van der Waals surface area contributed by atoms with Gasteiger partial charge in [-0.05, 0) is 36.6 Å². The van der Waals surface area contributed by atoms with Gasteiger partial charge >= 0.3 is 5.97 Å². The number of thiophene rings is 1. The molecule has 1 saturated heterocycles. The average molecular weight is 327 g/mol. The van der Waals surface area contributed by atoms with E-state index in [9.17, 15) is 9.59 Å². The SMILES string of the molecule is O=C(O)CCC1CCN(C(=O)CSCc2cccs2)CC1. The smallest absolute Gasteiger partial charge is 0.303 e. The van der Waals surface area contributed by atoms with Gasteiger partial charge < -0.3 is 10.0 Å². The highest BCUT2D eigenvalue weighted by molar-refractivity contribution is 7.99. The number of thioether (sulfide) groups is 1. The van der Waals surface area contributed by atoms with Crippen LogP contribution in [0.25, 0.3) is 0 Å². The molecule has 0 radical (unpaired) electrons. The van der Waals surface area contributed by atoms with Crippen LogP contribution in [0.2, 0.25) is 0 Å². The van der Waals surface area contributed by atoms with E-state index in [4.69, 9.17) is 5.11 Å². The Morgan fingerprint density at radius 1 is 1.38 bits per heavy atom. The van der Waals surface area contributed by atoms with Crippen LogP contribution in [0, 0.1) is 5.92 Å². The Morgan fingerprint density at radius 3 is 2.76 bits per heavy atom. The van der Waals surface area contributed by atoms with Crippen molar-refractivity contribution in [3.63, 3.8) is 0 Å². The van der Waals surface area contributed by atoms with Gasteiger partial charge in [-0.25, -0.2) is 0 Å². The number of carboxylic acid groups (broad SMARTS) is 1.